The Morgan fingerprint density at radius 1 is 1.18 bits per heavy atom. The Kier molecular flexibility index (Phi) is 5.63. The Morgan fingerprint density at radius 3 is 2.39 bits per heavy atom. The molecule has 0 bridgehead atoms. The lowest BCUT2D eigenvalue weighted by Crippen LogP contribution is -2.34. The Balaban J connectivity index is 1.67. The maximum atomic E-state index is 12.6. The summed E-state index contributed by atoms with van der Waals surface area (Å²) < 4.78 is 40.4. The lowest BCUT2D eigenvalue weighted by atomic mass is 10.2. The molecule has 2 aromatic carbocycles. The van der Waals surface area contributed by atoms with Gasteiger partial charge in [-0.25, -0.2) is 4.79 Å². The second kappa shape index (κ2) is 7.97. The number of non-ortho nitro benzene ring substituents is 1. The molecule has 1 heterocycles. The number of ether oxygens (including phenoxy) is 1. The molecule has 3 rings (SSSR count). The maximum absolute atomic E-state index is 12.6. The van der Waals surface area contributed by atoms with Crippen molar-refractivity contribution in [3.8, 4) is 5.75 Å². The number of halogens is 3. The number of nitro groups is 1. The van der Waals surface area contributed by atoms with Crippen molar-refractivity contribution in [1.29, 1.82) is 0 Å². The van der Waals surface area contributed by atoms with Gasteiger partial charge in [0, 0.05) is 30.1 Å². The topological polar surface area (TPSA) is 84.7 Å². The third-order valence-electron chi connectivity index (χ3n) is 3.88. The summed E-state index contributed by atoms with van der Waals surface area (Å²) in [5, 5.41) is 13.1. The van der Waals surface area contributed by atoms with Crippen LogP contribution in [-0.2, 0) is 0 Å². The lowest BCUT2D eigenvalue weighted by Gasteiger charge is -2.24. The molecule has 1 aliphatic heterocycles. The van der Waals surface area contributed by atoms with Crippen LogP contribution in [0.25, 0.3) is 0 Å². The highest BCUT2D eigenvalue weighted by molar-refractivity contribution is 7.99. The fourth-order valence-corrected chi connectivity index (χ4v) is 3.91. The van der Waals surface area contributed by atoms with E-state index in [1.807, 2.05) is 0 Å². The van der Waals surface area contributed by atoms with Gasteiger partial charge in [-0.05, 0) is 42.0 Å². The standard InChI is InChI=1S/C17H14F3N3O4S/c18-17(19,20)27-14-7-3-12(4-8-14)21-16(24)22-9-10-28-15(22)11-1-5-13(6-2-11)23(25)26/h1-8,15H,9-10H2,(H,21,24). The van der Waals surface area contributed by atoms with Gasteiger partial charge in [-0.2, -0.15) is 0 Å². The number of urea groups is 1. The number of hydrogen-bond donors (Lipinski definition) is 1. The van der Waals surface area contributed by atoms with E-state index in [4.69, 9.17) is 0 Å². The number of carbonyl (C=O) groups excluding carboxylic acids is 1. The third kappa shape index (κ3) is 4.85. The van der Waals surface area contributed by atoms with Crippen LogP contribution < -0.4 is 10.1 Å². The smallest absolute Gasteiger partial charge is 0.406 e. The zero-order valence-corrected chi connectivity index (χ0v) is 15.0. The van der Waals surface area contributed by atoms with Gasteiger partial charge in [0.1, 0.15) is 11.1 Å². The van der Waals surface area contributed by atoms with Gasteiger partial charge < -0.3 is 15.0 Å². The molecule has 0 spiro atoms. The quantitative estimate of drug-likeness (QED) is 0.576. The van der Waals surface area contributed by atoms with Crippen molar-refractivity contribution < 1.29 is 27.6 Å². The van der Waals surface area contributed by atoms with Gasteiger partial charge in [-0.15, -0.1) is 24.9 Å². The molecule has 1 unspecified atom stereocenters. The predicted molar refractivity (Wildman–Crippen MR) is 97.1 cm³/mol. The van der Waals surface area contributed by atoms with Crippen LogP contribution in [0.3, 0.4) is 0 Å². The monoisotopic (exact) mass is 413 g/mol. The van der Waals surface area contributed by atoms with E-state index in [0.717, 1.165) is 17.7 Å². The predicted octanol–water partition coefficient (Wildman–Crippen LogP) is 4.77. The van der Waals surface area contributed by atoms with Gasteiger partial charge in [-0.3, -0.25) is 10.1 Å². The van der Waals surface area contributed by atoms with Gasteiger partial charge in [0.15, 0.2) is 0 Å². The first-order valence-electron chi connectivity index (χ1n) is 8.02. The van der Waals surface area contributed by atoms with Crippen molar-refractivity contribution in [2.75, 3.05) is 17.6 Å². The molecule has 1 aliphatic rings. The van der Waals surface area contributed by atoms with Crippen LogP contribution >= 0.6 is 11.8 Å². The number of carbonyl (C=O) groups is 1. The molecule has 1 fully saturated rings. The maximum Gasteiger partial charge on any atom is 0.573 e. The largest absolute Gasteiger partial charge is 0.573 e. The third-order valence-corrected chi connectivity index (χ3v) is 5.14. The summed E-state index contributed by atoms with van der Waals surface area (Å²) in [5.41, 5.74) is 1.03. The van der Waals surface area contributed by atoms with E-state index in [-0.39, 0.29) is 16.8 Å². The van der Waals surface area contributed by atoms with Gasteiger partial charge in [0.25, 0.3) is 5.69 Å². The van der Waals surface area contributed by atoms with Crippen LogP contribution in [0, 0.1) is 10.1 Å². The number of nitrogens with zero attached hydrogens (tertiary/aromatic N) is 2. The first-order valence-corrected chi connectivity index (χ1v) is 9.07. The fraction of sp³-hybridized carbons (Fsp3) is 0.235. The van der Waals surface area contributed by atoms with Crippen molar-refractivity contribution in [3.63, 3.8) is 0 Å². The van der Waals surface area contributed by atoms with E-state index >= 15 is 0 Å². The highest BCUT2D eigenvalue weighted by Gasteiger charge is 2.32. The first kappa shape index (κ1) is 19.8. The van der Waals surface area contributed by atoms with Crippen LogP contribution in [0.15, 0.2) is 48.5 Å². The molecule has 1 N–H and O–H groups in total. The van der Waals surface area contributed by atoms with E-state index in [0.29, 0.717) is 18.0 Å². The van der Waals surface area contributed by atoms with E-state index in [1.165, 1.54) is 36.0 Å². The molecule has 28 heavy (non-hydrogen) atoms. The van der Waals surface area contributed by atoms with E-state index in [9.17, 15) is 28.1 Å². The minimum Gasteiger partial charge on any atom is -0.406 e. The SMILES string of the molecule is O=C(Nc1ccc(OC(F)(F)F)cc1)N1CCSC1c1ccc([N+](=O)[O-])cc1. The van der Waals surface area contributed by atoms with E-state index < -0.39 is 17.3 Å². The van der Waals surface area contributed by atoms with Crippen molar-refractivity contribution >= 4 is 29.2 Å². The molecule has 0 radical (unpaired) electrons. The summed E-state index contributed by atoms with van der Waals surface area (Å²) in [4.78, 5) is 24.4. The number of alkyl halides is 3. The second-order valence-corrected chi connectivity index (χ2v) is 6.96. The fourth-order valence-electron chi connectivity index (χ4n) is 2.65. The Bertz CT molecular complexity index is 859. The highest BCUT2D eigenvalue weighted by Crippen LogP contribution is 2.38. The number of benzene rings is 2. The number of anilines is 1. The summed E-state index contributed by atoms with van der Waals surface area (Å²) in [6, 6.07) is 10.4. The van der Waals surface area contributed by atoms with Gasteiger partial charge in [0.05, 0.1) is 4.92 Å². The van der Waals surface area contributed by atoms with Crippen molar-refractivity contribution in [1.82, 2.24) is 4.90 Å². The first-order chi connectivity index (χ1) is 13.2. The summed E-state index contributed by atoms with van der Waals surface area (Å²) in [6.45, 7) is 0.466. The minimum atomic E-state index is -4.78. The van der Waals surface area contributed by atoms with E-state index in [2.05, 4.69) is 10.1 Å². The molecule has 0 saturated carbocycles. The van der Waals surface area contributed by atoms with Crippen LogP contribution in [0.5, 0.6) is 5.75 Å². The van der Waals surface area contributed by atoms with Crippen LogP contribution in [0.2, 0.25) is 0 Å². The molecule has 2 aromatic rings. The normalized spacial score (nSPS) is 16.7. The molecule has 11 heteroatoms. The zero-order valence-electron chi connectivity index (χ0n) is 14.2. The number of nitrogens with one attached hydrogen (secondary N) is 1. The number of rotatable bonds is 4. The number of amides is 2. The average Bonchev–Trinajstić information content (AvgIpc) is 3.12. The summed E-state index contributed by atoms with van der Waals surface area (Å²) in [5.74, 6) is 0.305. The van der Waals surface area contributed by atoms with E-state index in [1.54, 1.807) is 17.0 Å². The molecular weight excluding hydrogens is 399 g/mol. The van der Waals surface area contributed by atoms with Crippen molar-refractivity contribution in [2.24, 2.45) is 0 Å². The molecule has 0 aliphatic carbocycles. The molecule has 0 aromatic heterocycles. The molecule has 1 atom stereocenters. The van der Waals surface area contributed by atoms with Gasteiger partial charge >= 0.3 is 12.4 Å². The minimum absolute atomic E-state index is 0.0380. The zero-order chi connectivity index (χ0) is 20.3. The van der Waals surface area contributed by atoms with Crippen LogP contribution in [0.4, 0.5) is 29.3 Å². The molecule has 1 saturated heterocycles. The average molecular weight is 413 g/mol. The summed E-state index contributed by atoms with van der Waals surface area (Å²) in [6.07, 6.45) is -4.78. The number of hydrogen-bond acceptors (Lipinski definition) is 5. The highest BCUT2D eigenvalue weighted by atomic mass is 32.2. The van der Waals surface area contributed by atoms with Crippen LogP contribution in [-0.4, -0.2) is 34.5 Å². The van der Waals surface area contributed by atoms with Crippen LogP contribution in [0.1, 0.15) is 10.9 Å². The lowest BCUT2D eigenvalue weighted by molar-refractivity contribution is -0.384. The summed E-state index contributed by atoms with van der Waals surface area (Å²) >= 11 is 1.52. The molecular formula is C17H14F3N3O4S. The van der Waals surface area contributed by atoms with Gasteiger partial charge in [0.2, 0.25) is 0 Å². The number of nitro benzene ring substituents is 1. The number of thioether (sulfide) groups is 1. The molecule has 2 amide bonds. The van der Waals surface area contributed by atoms with Crippen molar-refractivity contribution in [2.45, 2.75) is 11.7 Å². The van der Waals surface area contributed by atoms with Gasteiger partial charge in [-0.1, -0.05) is 0 Å². The van der Waals surface area contributed by atoms with Crippen molar-refractivity contribution in [3.05, 3.63) is 64.2 Å². The Hall–Kier alpha value is -2.95. The summed E-state index contributed by atoms with van der Waals surface area (Å²) in [7, 11) is 0. The Morgan fingerprint density at radius 2 is 1.82 bits per heavy atom. The molecule has 148 valence electrons. The second-order valence-electron chi connectivity index (χ2n) is 5.77. The Labute approximate surface area is 161 Å². The molecule has 7 nitrogen and oxygen atoms in total.